The molecule has 0 saturated carbocycles. The molecule has 0 aromatic carbocycles. The van der Waals surface area contributed by atoms with Crippen molar-refractivity contribution in [3.05, 3.63) is 35.8 Å². The molecule has 0 atom stereocenters. The van der Waals surface area contributed by atoms with E-state index in [1.165, 1.54) is 11.4 Å². The maximum Gasteiger partial charge on any atom is 0.137 e. The molecule has 0 bridgehead atoms. The van der Waals surface area contributed by atoms with Crippen molar-refractivity contribution in [3.63, 3.8) is 0 Å². The molecular formula is C10H12N2. The molecule has 0 saturated heterocycles. The Labute approximate surface area is 71.9 Å². The van der Waals surface area contributed by atoms with Gasteiger partial charge in [0, 0.05) is 17.6 Å². The first-order valence-electron chi connectivity index (χ1n) is 4.25. The van der Waals surface area contributed by atoms with Gasteiger partial charge in [0.2, 0.25) is 0 Å². The van der Waals surface area contributed by atoms with E-state index in [2.05, 4.69) is 29.3 Å². The van der Waals surface area contributed by atoms with Gasteiger partial charge in [0.15, 0.2) is 0 Å². The fourth-order valence-electron chi connectivity index (χ4n) is 1.43. The van der Waals surface area contributed by atoms with Gasteiger partial charge in [0.25, 0.3) is 0 Å². The van der Waals surface area contributed by atoms with Crippen molar-refractivity contribution in [1.82, 2.24) is 9.38 Å². The molecule has 2 heterocycles. The highest BCUT2D eigenvalue weighted by Gasteiger charge is 1.98. The van der Waals surface area contributed by atoms with Crippen molar-refractivity contribution in [1.29, 1.82) is 0 Å². The number of aromatic nitrogens is 2. The highest BCUT2D eigenvalue weighted by Crippen LogP contribution is 2.08. The van der Waals surface area contributed by atoms with Crippen LogP contribution in [0.15, 0.2) is 24.4 Å². The third kappa shape index (κ3) is 0.998. The van der Waals surface area contributed by atoms with Crippen LogP contribution in [0, 0.1) is 6.92 Å². The predicted octanol–water partition coefficient (Wildman–Crippen LogP) is 2.21. The van der Waals surface area contributed by atoms with E-state index in [9.17, 15) is 0 Å². The molecule has 62 valence electrons. The minimum absolute atomic E-state index is 1.00. The lowest BCUT2D eigenvalue weighted by molar-refractivity contribution is 0.973. The molecule has 0 aliphatic carbocycles. The lowest BCUT2D eigenvalue weighted by Crippen LogP contribution is -1.96. The maximum absolute atomic E-state index is 4.48. The molecule has 0 spiro atoms. The molecule has 2 heteroatoms. The highest BCUT2D eigenvalue weighted by atomic mass is 15.0. The monoisotopic (exact) mass is 160 g/mol. The summed E-state index contributed by atoms with van der Waals surface area (Å²) in [5.74, 6) is 0. The molecule has 0 fully saturated rings. The summed E-state index contributed by atoms with van der Waals surface area (Å²) < 4.78 is 2.10. The topological polar surface area (TPSA) is 17.3 Å². The van der Waals surface area contributed by atoms with Crippen LogP contribution < -0.4 is 0 Å². The third-order valence-electron chi connectivity index (χ3n) is 2.10. The first-order valence-corrected chi connectivity index (χ1v) is 4.25. The second-order valence-corrected chi connectivity index (χ2v) is 2.98. The van der Waals surface area contributed by atoms with Crippen LogP contribution >= 0.6 is 0 Å². The Hall–Kier alpha value is -1.31. The van der Waals surface area contributed by atoms with Gasteiger partial charge < -0.3 is 4.40 Å². The Balaban J connectivity index is 2.75. The van der Waals surface area contributed by atoms with Crippen LogP contribution in [0.3, 0.4) is 0 Å². The van der Waals surface area contributed by atoms with Gasteiger partial charge in [-0.15, -0.1) is 0 Å². The van der Waals surface area contributed by atoms with E-state index >= 15 is 0 Å². The average Bonchev–Trinajstić information content (AvgIpc) is 2.52. The molecule has 0 aliphatic rings. The van der Waals surface area contributed by atoms with E-state index in [0.29, 0.717) is 0 Å². The van der Waals surface area contributed by atoms with E-state index in [-0.39, 0.29) is 0 Å². The summed E-state index contributed by atoms with van der Waals surface area (Å²) in [5.41, 5.74) is 3.47. The molecular weight excluding hydrogens is 148 g/mol. The third-order valence-corrected chi connectivity index (χ3v) is 2.10. The SMILES string of the molecule is CCc1cc(C)n2cccc2n1. The van der Waals surface area contributed by atoms with E-state index in [4.69, 9.17) is 0 Å². The van der Waals surface area contributed by atoms with Crippen LogP contribution in [0.25, 0.3) is 5.65 Å². The van der Waals surface area contributed by atoms with Crippen LogP contribution in [-0.2, 0) is 6.42 Å². The molecule has 0 unspecified atom stereocenters. The number of hydrogen-bond acceptors (Lipinski definition) is 1. The van der Waals surface area contributed by atoms with Crippen LogP contribution in [0.5, 0.6) is 0 Å². The summed E-state index contributed by atoms with van der Waals surface area (Å²) in [6, 6.07) is 6.19. The van der Waals surface area contributed by atoms with Crippen molar-refractivity contribution < 1.29 is 0 Å². The van der Waals surface area contributed by atoms with Crippen LogP contribution in [0.4, 0.5) is 0 Å². The van der Waals surface area contributed by atoms with Gasteiger partial charge in [-0.3, -0.25) is 0 Å². The number of nitrogens with zero attached hydrogens (tertiary/aromatic N) is 2. The molecule has 2 nitrogen and oxygen atoms in total. The van der Waals surface area contributed by atoms with Crippen molar-refractivity contribution in [2.45, 2.75) is 20.3 Å². The number of aryl methyl sites for hydroxylation is 2. The van der Waals surface area contributed by atoms with Crippen molar-refractivity contribution in [2.75, 3.05) is 0 Å². The first kappa shape index (κ1) is 7.35. The molecule has 12 heavy (non-hydrogen) atoms. The fraction of sp³-hybridized carbons (Fsp3) is 0.300. The molecule has 2 aromatic heterocycles. The normalized spacial score (nSPS) is 10.8. The van der Waals surface area contributed by atoms with Gasteiger partial charge in [-0.25, -0.2) is 4.98 Å². The van der Waals surface area contributed by atoms with Crippen molar-refractivity contribution >= 4 is 5.65 Å². The lowest BCUT2D eigenvalue weighted by atomic mass is 10.3. The Kier molecular flexibility index (Phi) is 1.61. The maximum atomic E-state index is 4.48. The van der Waals surface area contributed by atoms with Gasteiger partial charge in [-0.2, -0.15) is 0 Å². The largest absolute Gasteiger partial charge is 0.306 e. The summed E-state index contributed by atoms with van der Waals surface area (Å²) in [4.78, 5) is 4.48. The van der Waals surface area contributed by atoms with Gasteiger partial charge in [-0.05, 0) is 31.5 Å². The minimum Gasteiger partial charge on any atom is -0.306 e. The van der Waals surface area contributed by atoms with E-state index in [1.54, 1.807) is 0 Å². The summed E-state index contributed by atoms with van der Waals surface area (Å²) in [6.45, 7) is 4.23. The van der Waals surface area contributed by atoms with Crippen LogP contribution in [0.2, 0.25) is 0 Å². The number of fused-ring (bicyclic) bond motifs is 1. The van der Waals surface area contributed by atoms with E-state index in [0.717, 1.165) is 12.1 Å². The number of rotatable bonds is 1. The Morgan fingerprint density at radius 1 is 1.50 bits per heavy atom. The van der Waals surface area contributed by atoms with Crippen molar-refractivity contribution in [2.24, 2.45) is 0 Å². The zero-order chi connectivity index (χ0) is 8.55. The molecule has 0 radical (unpaired) electrons. The standard InChI is InChI=1S/C10H12N2/c1-3-9-7-8(2)12-6-4-5-10(12)11-9/h4-7H,3H2,1-2H3. The van der Waals surface area contributed by atoms with E-state index < -0.39 is 0 Å². The Morgan fingerprint density at radius 3 is 3.08 bits per heavy atom. The summed E-state index contributed by atoms with van der Waals surface area (Å²) in [7, 11) is 0. The number of hydrogen-bond donors (Lipinski definition) is 0. The predicted molar refractivity (Wildman–Crippen MR) is 49.3 cm³/mol. The molecule has 2 rings (SSSR count). The van der Waals surface area contributed by atoms with Gasteiger partial charge >= 0.3 is 0 Å². The van der Waals surface area contributed by atoms with Gasteiger partial charge in [-0.1, -0.05) is 6.92 Å². The zero-order valence-corrected chi connectivity index (χ0v) is 7.41. The summed E-state index contributed by atoms with van der Waals surface area (Å²) >= 11 is 0. The molecule has 0 amide bonds. The molecule has 0 N–H and O–H groups in total. The van der Waals surface area contributed by atoms with Crippen LogP contribution in [0.1, 0.15) is 18.3 Å². The van der Waals surface area contributed by atoms with E-state index in [1.807, 2.05) is 18.3 Å². The Bertz CT molecular complexity index is 401. The molecule has 0 aliphatic heterocycles. The molecule has 2 aromatic rings. The minimum atomic E-state index is 1.00. The zero-order valence-electron chi connectivity index (χ0n) is 7.41. The summed E-state index contributed by atoms with van der Waals surface area (Å²) in [5, 5.41) is 0. The highest BCUT2D eigenvalue weighted by molar-refractivity contribution is 5.41. The van der Waals surface area contributed by atoms with Crippen LogP contribution in [-0.4, -0.2) is 9.38 Å². The average molecular weight is 160 g/mol. The van der Waals surface area contributed by atoms with Gasteiger partial charge in [0.1, 0.15) is 5.65 Å². The first-order chi connectivity index (χ1) is 5.81. The lowest BCUT2D eigenvalue weighted by Gasteiger charge is -2.02. The second kappa shape index (κ2) is 2.63. The summed E-state index contributed by atoms with van der Waals surface area (Å²) in [6.07, 6.45) is 3.04. The quantitative estimate of drug-likeness (QED) is 0.625. The Morgan fingerprint density at radius 2 is 2.33 bits per heavy atom. The fourth-order valence-corrected chi connectivity index (χ4v) is 1.43. The second-order valence-electron chi connectivity index (χ2n) is 2.98. The van der Waals surface area contributed by atoms with Crippen molar-refractivity contribution in [3.8, 4) is 0 Å². The van der Waals surface area contributed by atoms with Gasteiger partial charge in [0.05, 0.1) is 0 Å². The smallest absolute Gasteiger partial charge is 0.137 e.